The Morgan fingerprint density at radius 1 is 1.04 bits per heavy atom. The highest BCUT2D eigenvalue weighted by atomic mass is 32.1. The molecule has 0 radical (unpaired) electrons. The molecule has 0 amide bonds. The minimum absolute atomic E-state index is 0.771. The van der Waals surface area contributed by atoms with Gasteiger partial charge in [-0.15, -0.1) is 11.3 Å². The van der Waals surface area contributed by atoms with E-state index < -0.39 is 0 Å². The van der Waals surface area contributed by atoms with Crippen molar-refractivity contribution in [1.82, 2.24) is 15.0 Å². The van der Waals surface area contributed by atoms with Crippen LogP contribution >= 0.6 is 11.3 Å². The van der Waals surface area contributed by atoms with Crippen molar-refractivity contribution in [3.8, 4) is 17.0 Å². The van der Waals surface area contributed by atoms with Crippen molar-refractivity contribution in [1.29, 1.82) is 0 Å². The summed E-state index contributed by atoms with van der Waals surface area (Å²) < 4.78 is 5.44. The number of thiophene rings is 1. The smallest absolute Gasteiger partial charge is 0.145 e. The van der Waals surface area contributed by atoms with E-state index in [4.69, 9.17) is 4.74 Å². The normalized spacial score (nSPS) is 11.3. The zero-order valence-corrected chi connectivity index (χ0v) is 13.9. The van der Waals surface area contributed by atoms with Crippen molar-refractivity contribution in [3.63, 3.8) is 0 Å². The molecule has 0 saturated heterocycles. The topological polar surface area (TPSA) is 47.9 Å². The molecule has 0 aliphatic carbocycles. The molecule has 4 rings (SSSR count). The predicted molar refractivity (Wildman–Crippen MR) is 94.2 cm³/mol. The highest BCUT2D eigenvalue weighted by Gasteiger charge is 2.16. The molecular formula is C18H15N3OS. The first-order valence-electron chi connectivity index (χ1n) is 7.33. The lowest BCUT2D eigenvalue weighted by Crippen LogP contribution is -1.93. The molecule has 3 heterocycles. The van der Waals surface area contributed by atoms with Crippen molar-refractivity contribution in [3.05, 3.63) is 47.2 Å². The van der Waals surface area contributed by atoms with Gasteiger partial charge < -0.3 is 4.74 Å². The summed E-state index contributed by atoms with van der Waals surface area (Å²) in [5, 5.41) is 2.17. The molecule has 1 aromatic carbocycles. The third-order valence-electron chi connectivity index (χ3n) is 4.17. The van der Waals surface area contributed by atoms with Gasteiger partial charge in [0.15, 0.2) is 0 Å². The van der Waals surface area contributed by atoms with E-state index in [1.807, 2.05) is 12.1 Å². The Balaban J connectivity index is 2.12. The van der Waals surface area contributed by atoms with Gasteiger partial charge in [-0.25, -0.2) is 9.97 Å². The summed E-state index contributed by atoms with van der Waals surface area (Å²) in [6.07, 6.45) is 3.42. The number of aryl methyl sites for hydroxylation is 2. The minimum Gasteiger partial charge on any atom is -0.494 e. The molecule has 23 heavy (non-hydrogen) atoms. The molecule has 0 bridgehead atoms. The van der Waals surface area contributed by atoms with Gasteiger partial charge in [-0.05, 0) is 37.6 Å². The summed E-state index contributed by atoms with van der Waals surface area (Å²) in [5.74, 6) is 0.771. The largest absolute Gasteiger partial charge is 0.494 e. The third-order valence-corrected chi connectivity index (χ3v) is 5.29. The Morgan fingerprint density at radius 3 is 2.74 bits per heavy atom. The lowest BCUT2D eigenvalue weighted by atomic mass is 10.0. The van der Waals surface area contributed by atoms with Crippen LogP contribution in [-0.4, -0.2) is 22.1 Å². The fourth-order valence-corrected chi connectivity index (χ4v) is 3.90. The highest BCUT2D eigenvalue weighted by Crippen LogP contribution is 2.38. The van der Waals surface area contributed by atoms with Crippen LogP contribution in [0.4, 0.5) is 0 Å². The molecule has 3 aromatic heterocycles. The maximum absolute atomic E-state index is 5.44. The first kappa shape index (κ1) is 14.1. The van der Waals surface area contributed by atoms with Crippen molar-refractivity contribution in [2.45, 2.75) is 13.8 Å². The molecule has 0 spiro atoms. The van der Waals surface area contributed by atoms with Gasteiger partial charge in [-0.3, -0.25) is 4.98 Å². The zero-order valence-electron chi connectivity index (χ0n) is 13.1. The average Bonchev–Trinajstić information content (AvgIpc) is 2.88. The van der Waals surface area contributed by atoms with Crippen LogP contribution in [0.5, 0.6) is 5.75 Å². The molecule has 4 nitrogen and oxygen atoms in total. The number of methoxy groups -OCH3 is 1. The number of nitrogens with zero attached hydrogens (tertiary/aromatic N) is 3. The van der Waals surface area contributed by atoms with Gasteiger partial charge in [0, 0.05) is 27.4 Å². The molecule has 114 valence electrons. The number of hydrogen-bond donors (Lipinski definition) is 0. The first-order chi connectivity index (χ1) is 11.2. The van der Waals surface area contributed by atoms with Crippen LogP contribution in [-0.2, 0) is 0 Å². The first-order valence-corrected chi connectivity index (χ1v) is 8.15. The standard InChI is InChI=1S/C18H15N3OS/c1-10-11(2)23-18-15(10)17(20-9-21-18)13-6-7-14(22-3)16-12(13)5-4-8-19-16/h4-9H,1-3H3. The quantitative estimate of drug-likeness (QED) is 0.544. The number of ether oxygens (including phenoxy) is 1. The summed E-state index contributed by atoms with van der Waals surface area (Å²) in [4.78, 5) is 15.8. The summed E-state index contributed by atoms with van der Waals surface area (Å²) in [6, 6.07) is 8.00. The van der Waals surface area contributed by atoms with Crippen LogP contribution < -0.4 is 4.74 Å². The van der Waals surface area contributed by atoms with E-state index >= 15 is 0 Å². The molecule has 0 aliphatic heterocycles. The van der Waals surface area contributed by atoms with Crippen molar-refractivity contribution >= 4 is 32.5 Å². The van der Waals surface area contributed by atoms with E-state index in [9.17, 15) is 0 Å². The maximum Gasteiger partial charge on any atom is 0.145 e. The zero-order chi connectivity index (χ0) is 16.0. The summed E-state index contributed by atoms with van der Waals surface area (Å²) in [5.41, 5.74) is 4.11. The lowest BCUT2D eigenvalue weighted by molar-refractivity contribution is 0.419. The van der Waals surface area contributed by atoms with Crippen LogP contribution in [0.2, 0.25) is 0 Å². The van der Waals surface area contributed by atoms with Crippen LogP contribution in [0.1, 0.15) is 10.4 Å². The average molecular weight is 321 g/mol. The van der Waals surface area contributed by atoms with Gasteiger partial charge in [0.2, 0.25) is 0 Å². The second-order valence-corrected chi connectivity index (χ2v) is 6.60. The molecule has 0 atom stereocenters. The minimum atomic E-state index is 0.771. The van der Waals surface area contributed by atoms with Gasteiger partial charge in [0.25, 0.3) is 0 Å². The predicted octanol–water partition coefficient (Wildman–Crippen LogP) is 4.53. The molecule has 4 aromatic rings. The molecule has 0 unspecified atom stereocenters. The van der Waals surface area contributed by atoms with Crippen molar-refractivity contribution < 1.29 is 4.74 Å². The van der Waals surface area contributed by atoms with E-state index in [2.05, 4.69) is 40.9 Å². The van der Waals surface area contributed by atoms with Gasteiger partial charge in [0.1, 0.15) is 22.4 Å². The summed E-state index contributed by atoms with van der Waals surface area (Å²) >= 11 is 1.71. The molecule has 0 aliphatic rings. The SMILES string of the molecule is COc1ccc(-c2ncnc3sc(C)c(C)c23)c2cccnc12. The summed E-state index contributed by atoms with van der Waals surface area (Å²) in [6.45, 7) is 4.25. The van der Waals surface area contributed by atoms with Crippen molar-refractivity contribution in [2.24, 2.45) is 0 Å². The molecule has 0 fully saturated rings. The number of hydrogen-bond acceptors (Lipinski definition) is 5. The maximum atomic E-state index is 5.44. The number of benzene rings is 1. The van der Waals surface area contributed by atoms with Gasteiger partial charge in [-0.2, -0.15) is 0 Å². The lowest BCUT2D eigenvalue weighted by Gasteiger charge is -2.10. The number of pyridine rings is 1. The Morgan fingerprint density at radius 2 is 1.91 bits per heavy atom. The van der Waals surface area contributed by atoms with Gasteiger partial charge >= 0.3 is 0 Å². The van der Waals surface area contributed by atoms with Gasteiger partial charge in [0.05, 0.1) is 12.8 Å². The molecule has 0 saturated carbocycles. The Bertz CT molecular complexity index is 1040. The van der Waals surface area contributed by atoms with Crippen LogP contribution in [0.25, 0.3) is 32.4 Å². The molecule has 5 heteroatoms. The Hall–Kier alpha value is -2.53. The number of aromatic nitrogens is 3. The summed E-state index contributed by atoms with van der Waals surface area (Å²) in [7, 11) is 1.67. The monoisotopic (exact) mass is 321 g/mol. The molecule has 0 N–H and O–H groups in total. The van der Waals surface area contributed by atoms with E-state index in [0.717, 1.165) is 38.1 Å². The highest BCUT2D eigenvalue weighted by molar-refractivity contribution is 7.18. The van der Waals surface area contributed by atoms with Crippen LogP contribution in [0, 0.1) is 13.8 Å². The third kappa shape index (κ3) is 2.08. The van der Waals surface area contributed by atoms with Crippen LogP contribution in [0.3, 0.4) is 0 Å². The van der Waals surface area contributed by atoms with E-state index in [1.54, 1.807) is 31.0 Å². The van der Waals surface area contributed by atoms with E-state index in [1.165, 1.54) is 10.4 Å². The van der Waals surface area contributed by atoms with E-state index in [-0.39, 0.29) is 0 Å². The fraction of sp³-hybridized carbons (Fsp3) is 0.167. The Kier molecular flexibility index (Phi) is 3.23. The fourth-order valence-electron chi connectivity index (χ4n) is 2.90. The Labute approximate surface area is 137 Å². The second-order valence-electron chi connectivity index (χ2n) is 5.40. The van der Waals surface area contributed by atoms with Gasteiger partial charge in [-0.1, -0.05) is 6.07 Å². The number of rotatable bonds is 2. The number of fused-ring (bicyclic) bond motifs is 2. The van der Waals surface area contributed by atoms with Crippen molar-refractivity contribution in [2.75, 3.05) is 7.11 Å². The second kappa shape index (κ2) is 5.28. The molecular weight excluding hydrogens is 306 g/mol. The van der Waals surface area contributed by atoms with Crippen LogP contribution in [0.15, 0.2) is 36.8 Å². The van der Waals surface area contributed by atoms with E-state index in [0.29, 0.717) is 0 Å².